The van der Waals surface area contributed by atoms with Gasteiger partial charge in [-0.3, -0.25) is 4.79 Å². The fraction of sp³-hybridized carbons (Fsp3) is 0.500. The van der Waals surface area contributed by atoms with Crippen LogP contribution in [0.25, 0.3) is 0 Å². The first-order valence-corrected chi connectivity index (χ1v) is 10.7. The first kappa shape index (κ1) is 19.9. The number of nitrogens with zero attached hydrogens (tertiary/aromatic N) is 2. The fourth-order valence-corrected chi connectivity index (χ4v) is 4.35. The lowest BCUT2D eigenvalue weighted by molar-refractivity contribution is -0.121. The van der Waals surface area contributed by atoms with Gasteiger partial charge in [0.1, 0.15) is 5.75 Å². The highest BCUT2D eigenvalue weighted by Crippen LogP contribution is 2.24. The molecule has 2 N–H and O–H groups in total. The van der Waals surface area contributed by atoms with Crippen molar-refractivity contribution < 1.29 is 18.3 Å². The van der Waals surface area contributed by atoms with Gasteiger partial charge in [0.05, 0.1) is 19.0 Å². The summed E-state index contributed by atoms with van der Waals surface area (Å²) in [4.78, 5) is 12.1. The molecular formula is C16H22BrN3O4S. The molecule has 0 aliphatic heterocycles. The Morgan fingerprint density at radius 2 is 2.08 bits per heavy atom. The molecule has 0 saturated heterocycles. The van der Waals surface area contributed by atoms with Crippen LogP contribution in [0.15, 0.2) is 27.8 Å². The number of aromatic hydroxyl groups is 1. The lowest BCUT2D eigenvalue weighted by Gasteiger charge is -2.31. The van der Waals surface area contributed by atoms with E-state index in [2.05, 4.69) is 26.5 Å². The van der Waals surface area contributed by atoms with Crippen LogP contribution in [0.5, 0.6) is 5.75 Å². The van der Waals surface area contributed by atoms with E-state index in [1.54, 1.807) is 12.1 Å². The Balaban J connectivity index is 1.99. The Bertz CT molecular complexity index is 746. The number of amides is 1. The molecule has 0 radical (unpaired) electrons. The zero-order chi connectivity index (χ0) is 18.4. The monoisotopic (exact) mass is 431 g/mol. The summed E-state index contributed by atoms with van der Waals surface area (Å²) in [6.45, 7) is -0.259. The van der Waals surface area contributed by atoms with Crippen LogP contribution in [0.1, 0.15) is 37.7 Å². The normalized spacial score (nSPS) is 16.4. The van der Waals surface area contributed by atoms with Crippen molar-refractivity contribution in [2.45, 2.75) is 38.1 Å². The quantitative estimate of drug-likeness (QED) is 0.532. The summed E-state index contributed by atoms with van der Waals surface area (Å²) in [5.41, 5.74) is 2.75. The number of hydrazone groups is 1. The smallest absolute Gasteiger partial charge is 0.255 e. The van der Waals surface area contributed by atoms with Crippen LogP contribution in [0.2, 0.25) is 0 Å². The molecule has 1 aliphatic rings. The molecule has 0 atom stereocenters. The number of benzene rings is 1. The molecule has 1 aromatic carbocycles. The molecule has 1 aromatic rings. The molecule has 1 saturated carbocycles. The Morgan fingerprint density at radius 3 is 2.72 bits per heavy atom. The summed E-state index contributed by atoms with van der Waals surface area (Å²) in [6, 6.07) is 4.70. The van der Waals surface area contributed by atoms with E-state index in [-0.39, 0.29) is 18.3 Å². The molecule has 25 heavy (non-hydrogen) atoms. The van der Waals surface area contributed by atoms with E-state index in [4.69, 9.17) is 0 Å². The van der Waals surface area contributed by atoms with Crippen molar-refractivity contribution in [1.82, 2.24) is 9.73 Å². The molecule has 1 fully saturated rings. The van der Waals surface area contributed by atoms with Crippen LogP contribution in [0.3, 0.4) is 0 Å². The summed E-state index contributed by atoms with van der Waals surface area (Å²) < 4.78 is 26.0. The van der Waals surface area contributed by atoms with Gasteiger partial charge in [-0.2, -0.15) is 9.41 Å². The maximum Gasteiger partial charge on any atom is 0.255 e. The maximum absolute atomic E-state index is 12.1. The molecule has 2 rings (SSSR count). The van der Waals surface area contributed by atoms with E-state index in [1.807, 2.05) is 0 Å². The largest absolute Gasteiger partial charge is 0.507 e. The molecule has 9 heteroatoms. The first-order chi connectivity index (χ1) is 11.8. The molecule has 138 valence electrons. The summed E-state index contributed by atoms with van der Waals surface area (Å²) in [5, 5.41) is 13.5. The third-order valence-electron chi connectivity index (χ3n) is 4.09. The van der Waals surface area contributed by atoms with Crippen LogP contribution < -0.4 is 5.43 Å². The lowest BCUT2D eigenvalue weighted by Crippen LogP contribution is -2.45. The maximum atomic E-state index is 12.1. The third kappa shape index (κ3) is 6.09. The number of hydrogen-bond donors (Lipinski definition) is 2. The van der Waals surface area contributed by atoms with E-state index in [9.17, 15) is 18.3 Å². The van der Waals surface area contributed by atoms with Gasteiger partial charge in [0.25, 0.3) is 5.91 Å². The molecule has 7 nitrogen and oxygen atoms in total. The first-order valence-electron chi connectivity index (χ1n) is 8.04. The Hall–Kier alpha value is -1.45. The van der Waals surface area contributed by atoms with Gasteiger partial charge < -0.3 is 5.11 Å². The van der Waals surface area contributed by atoms with Crippen molar-refractivity contribution in [3.8, 4) is 5.75 Å². The minimum Gasteiger partial charge on any atom is -0.507 e. The van der Waals surface area contributed by atoms with Gasteiger partial charge in [0.2, 0.25) is 10.0 Å². The Labute approximate surface area is 156 Å². The zero-order valence-corrected chi connectivity index (χ0v) is 16.4. The number of sulfonamides is 1. The van der Waals surface area contributed by atoms with Gasteiger partial charge in [0.15, 0.2) is 0 Å². The highest BCUT2D eigenvalue weighted by atomic mass is 79.9. The second-order valence-electron chi connectivity index (χ2n) is 6.10. The van der Waals surface area contributed by atoms with E-state index < -0.39 is 15.9 Å². The van der Waals surface area contributed by atoms with E-state index in [0.717, 1.165) is 42.8 Å². The molecule has 0 bridgehead atoms. The van der Waals surface area contributed by atoms with Gasteiger partial charge in [0, 0.05) is 16.1 Å². The van der Waals surface area contributed by atoms with E-state index in [1.165, 1.54) is 16.6 Å². The summed E-state index contributed by atoms with van der Waals surface area (Å²) in [5.74, 6) is -0.483. The van der Waals surface area contributed by atoms with Crippen molar-refractivity contribution in [2.24, 2.45) is 5.10 Å². The van der Waals surface area contributed by atoms with Crippen molar-refractivity contribution >= 4 is 38.1 Å². The van der Waals surface area contributed by atoms with Crippen molar-refractivity contribution in [3.63, 3.8) is 0 Å². The van der Waals surface area contributed by atoms with Crippen LogP contribution in [-0.2, 0) is 14.8 Å². The number of rotatable bonds is 6. The molecule has 0 spiro atoms. The number of carbonyl (C=O) groups is 1. The SMILES string of the molecule is CS(=O)(=O)N(CC(=O)NN=Cc1cc(Br)ccc1O)C1CCCCC1. The van der Waals surface area contributed by atoms with E-state index >= 15 is 0 Å². The lowest BCUT2D eigenvalue weighted by atomic mass is 9.95. The summed E-state index contributed by atoms with van der Waals surface area (Å²) in [6.07, 6.45) is 7.02. The summed E-state index contributed by atoms with van der Waals surface area (Å²) >= 11 is 3.28. The molecule has 1 aliphatic carbocycles. The molecular weight excluding hydrogens is 410 g/mol. The number of hydrogen-bond acceptors (Lipinski definition) is 5. The highest BCUT2D eigenvalue weighted by Gasteiger charge is 2.29. The van der Waals surface area contributed by atoms with Gasteiger partial charge >= 0.3 is 0 Å². The molecule has 0 heterocycles. The number of carbonyl (C=O) groups excluding carboxylic acids is 1. The number of phenols is 1. The summed E-state index contributed by atoms with van der Waals surface area (Å²) in [7, 11) is -3.47. The van der Waals surface area contributed by atoms with Crippen LogP contribution in [0.4, 0.5) is 0 Å². The second kappa shape index (κ2) is 8.77. The number of halogens is 1. The van der Waals surface area contributed by atoms with Crippen LogP contribution in [-0.4, -0.2) is 48.8 Å². The minimum absolute atomic E-state index is 0.0289. The third-order valence-corrected chi connectivity index (χ3v) is 5.86. The Kier molecular flexibility index (Phi) is 6.97. The fourth-order valence-electron chi connectivity index (χ4n) is 2.87. The average molecular weight is 432 g/mol. The van der Waals surface area contributed by atoms with Crippen molar-refractivity contribution in [3.05, 3.63) is 28.2 Å². The standard InChI is InChI=1S/C16H22BrN3O4S/c1-25(23,24)20(14-5-3-2-4-6-14)11-16(22)19-18-10-12-9-13(17)7-8-15(12)21/h7-10,14,21H,2-6,11H2,1H3,(H,19,22). The van der Waals surface area contributed by atoms with E-state index in [0.29, 0.717) is 5.56 Å². The average Bonchev–Trinajstić information content (AvgIpc) is 2.55. The topological polar surface area (TPSA) is 99.1 Å². The second-order valence-corrected chi connectivity index (χ2v) is 8.95. The number of phenolic OH excluding ortho intramolecular Hbond substituents is 1. The molecule has 0 aromatic heterocycles. The van der Waals surface area contributed by atoms with Gasteiger partial charge in [-0.1, -0.05) is 35.2 Å². The van der Waals surface area contributed by atoms with Crippen LogP contribution in [0, 0.1) is 0 Å². The number of nitrogens with one attached hydrogen (secondary N) is 1. The predicted molar refractivity (Wildman–Crippen MR) is 100.0 cm³/mol. The van der Waals surface area contributed by atoms with Gasteiger partial charge in [-0.25, -0.2) is 13.8 Å². The minimum atomic E-state index is -3.47. The predicted octanol–water partition coefficient (Wildman–Crippen LogP) is 2.20. The van der Waals surface area contributed by atoms with Crippen LogP contribution >= 0.6 is 15.9 Å². The highest BCUT2D eigenvalue weighted by molar-refractivity contribution is 9.10. The molecule has 0 unspecified atom stereocenters. The zero-order valence-electron chi connectivity index (χ0n) is 14.0. The van der Waals surface area contributed by atoms with Gasteiger partial charge in [-0.05, 0) is 31.0 Å². The van der Waals surface area contributed by atoms with Crippen molar-refractivity contribution in [2.75, 3.05) is 12.8 Å². The Morgan fingerprint density at radius 1 is 1.40 bits per heavy atom. The van der Waals surface area contributed by atoms with Gasteiger partial charge in [-0.15, -0.1) is 0 Å². The van der Waals surface area contributed by atoms with Crippen molar-refractivity contribution in [1.29, 1.82) is 0 Å². The molecule has 1 amide bonds.